The van der Waals surface area contributed by atoms with E-state index in [0.29, 0.717) is 12.0 Å². The second-order valence-electron chi connectivity index (χ2n) is 7.26. The molecule has 138 valence electrons. The first-order chi connectivity index (χ1) is 12.4. The van der Waals surface area contributed by atoms with Crippen LogP contribution < -0.4 is 4.90 Å². The van der Waals surface area contributed by atoms with Crippen molar-refractivity contribution in [1.82, 2.24) is 4.31 Å². The van der Waals surface area contributed by atoms with Crippen molar-refractivity contribution < 1.29 is 13.5 Å². The highest BCUT2D eigenvalue weighted by molar-refractivity contribution is 7.89. The highest BCUT2D eigenvalue weighted by Gasteiger charge is 2.41. The molecule has 0 bridgehead atoms. The van der Waals surface area contributed by atoms with Crippen LogP contribution in [0.5, 0.6) is 0 Å². The topological polar surface area (TPSA) is 60.9 Å². The molecule has 0 unspecified atom stereocenters. The standard InChI is InChI=1S/C20H24N2O3S/c1-21-11-5-6-15-12-14(9-10-17(15)21)13-18-20(23)16-7-3-4-8-19(16)26(24,25)22(18)2/h3-4,7-10,12,18,20,23H,5-6,11,13H2,1-2H3/t18-,20-/m1/s1. The van der Waals surface area contributed by atoms with Crippen molar-refractivity contribution in [3.63, 3.8) is 0 Å². The van der Waals surface area contributed by atoms with Gasteiger partial charge in [0.05, 0.1) is 17.0 Å². The van der Waals surface area contributed by atoms with Gasteiger partial charge in [-0.3, -0.25) is 0 Å². The molecule has 0 aromatic heterocycles. The molecule has 4 rings (SSSR count). The smallest absolute Gasteiger partial charge is 0.243 e. The van der Waals surface area contributed by atoms with Crippen molar-refractivity contribution in [2.45, 2.75) is 36.3 Å². The Kier molecular flexibility index (Phi) is 4.29. The van der Waals surface area contributed by atoms with Crippen molar-refractivity contribution in [3.8, 4) is 0 Å². The molecular formula is C20H24N2O3S. The number of aliphatic hydroxyl groups excluding tert-OH is 1. The van der Waals surface area contributed by atoms with Crippen LogP contribution in [0.2, 0.25) is 0 Å². The maximum absolute atomic E-state index is 12.8. The van der Waals surface area contributed by atoms with Crippen LogP contribution >= 0.6 is 0 Å². The maximum Gasteiger partial charge on any atom is 0.243 e. The van der Waals surface area contributed by atoms with E-state index in [1.165, 1.54) is 15.6 Å². The summed E-state index contributed by atoms with van der Waals surface area (Å²) >= 11 is 0. The molecule has 6 heteroatoms. The largest absolute Gasteiger partial charge is 0.387 e. The third-order valence-electron chi connectivity index (χ3n) is 5.67. The minimum Gasteiger partial charge on any atom is -0.387 e. The fourth-order valence-electron chi connectivity index (χ4n) is 4.15. The molecule has 1 N–H and O–H groups in total. The quantitative estimate of drug-likeness (QED) is 0.879. The number of aryl methyl sites for hydroxylation is 1. The highest BCUT2D eigenvalue weighted by Crippen LogP contribution is 2.37. The first kappa shape index (κ1) is 17.5. The maximum atomic E-state index is 12.8. The van der Waals surface area contributed by atoms with Crippen LogP contribution in [0.15, 0.2) is 47.4 Å². The Labute approximate surface area is 154 Å². The third kappa shape index (κ3) is 2.73. The van der Waals surface area contributed by atoms with Crippen molar-refractivity contribution >= 4 is 15.7 Å². The van der Waals surface area contributed by atoms with Crippen LogP contribution in [0, 0.1) is 0 Å². The molecule has 2 aromatic rings. The van der Waals surface area contributed by atoms with E-state index in [4.69, 9.17) is 0 Å². The second kappa shape index (κ2) is 6.37. The Hall–Kier alpha value is -1.89. The third-order valence-corrected chi connectivity index (χ3v) is 7.62. The first-order valence-electron chi connectivity index (χ1n) is 8.97. The lowest BCUT2D eigenvalue weighted by Crippen LogP contribution is -2.46. The van der Waals surface area contributed by atoms with Gasteiger partial charge in [0.15, 0.2) is 0 Å². The molecule has 0 spiro atoms. The van der Waals surface area contributed by atoms with Crippen LogP contribution in [0.3, 0.4) is 0 Å². The number of nitrogens with zero attached hydrogens (tertiary/aromatic N) is 2. The predicted octanol–water partition coefficient (Wildman–Crippen LogP) is 2.35. The van der Waals surface area contributed by atoms with E-state index in [1.54, 1.807) is 31.3 Å². The summed E-state index contributed by atoms with van der Waals surface area (Å²) in [6.45, 7) is 1.06. The molecule has 0 saturated heterocycles. The van der Waals surface area contributed by atoms with Crippen LogP contribution in [0.25, 0.3) is 0 Å². The molecule has 26 heavy (non-hydrogen) atoms. The Morgan fingerprint density at radius 2 is 1.92 bits per heavy atom. The van der Waals surface area contributed by atoms with Gasteiger partial charge in [-0.25, -0.2) is 8.42 Å². The van der Waals surface area contributed by atoms with Crippen molar-refractivity contribution in [3.05, 3.63) is 59.2 Å². The zero-order chi connectivity index (χ0) is 18.5. The number of hydrogen-bond donors (Lipinski definition) is 1. The van der Waals surface area contributed by atoms with E-state index in [0.717, 1.165) is 24.9 Å². The van der Waals surface area contributed by atoms with Gasteiger partial charge in [-0.05, 0) is 42.5 Å². The average molecular weight is 372 g/mol. The molecule has 2 heterocycles. The molecule has 2 aromatic carbocycles. The molecular weight excluding hydrogens is 348 g/mol. The lowest BCUT2D eigenvalue weighted by molar-refractivity contribution is 0.0892. The Morgan fingerprint density at radius 1 is 1.15 bits per heavy atom. The summed E-state index contributed by atoms with van der Waals surface area (Å²) in [7, 11) is 0.0740. The summed E-state index contributed by atoms with van der Waals surface area (Å²) in [5, 5.41) is 10.9. The summed E-state index contributed by atoms with van der Waals surface area (Å²) < 4.78 is 27.0. The van der Waals surface area contributed by atoms with Gasteiger partial charge in [0.25, 0.3) is 0 Å². The van der Waals surface area contributed by atoms with Gasteiger partial charge in [0.1, 0.15) is 0 Å². The molecule has 0 amide bonds. The minimum absolute atomic E-state index is 0.207. The van der Waals surface area contributed by atoms with Gasteiger partial charge in [-0.15, -0.1) is 0 Å². The number of likely N-dealkylation sites (N-methyl/N-ethyl adjacent to an activating group) is 1. The molecule has 5 nitrogen and oxygen atoms in total. The fraction of sp³-hybridized carbons (Fsp3) is 0.400. The summed E-state index contributed by atoms with van der Waals surface area (Å²) in [5.74, 6) is 0. The monoisotopic (exact) mass is 372 g/mol. The van der Waals surface area contributed by atoms with Gasteiger partial charge in [-0.1, -0.05) is 30.3 Å². The Morgan fingerprint density at radius 3 is 2.73 bits per heavy atom. The van der Waals surface area contributed by atoms with Crippen LogP contribution in [-0.4, -0.2) is 44.5 Å². The Balaban J connectivity index is 1.69. The molecule has 2 aliphatic rings. The summed E-state index contributed by atoms with van der Waals surface area (Å²) in [4.78, 5) is 2.46. The first-order valence-corrected chi connectivity index (χ1v) is 10.4. The van der Waals surface area contributed by atoms with Gasteiger partial charge >= 0.3 is 0 Å². The normalized spacial score (nSPS) is 24.8. The van der Waals surface area contributed by atoms with E-state index in [2.05, 4.69) is 24.1 Å². The summed E-state index contributed by atoms with van der Waals surface area (Å²) in [6.07, 6.45) is 1.82. The van der Waals surface area contributed by atoms with E-state index >= 15 is 0 Å². The molecule has 0 aliphatic carbocycles. The second-order valence-corrected chi connectivity index (χ2v) is 9.23. The molecule has 0 saturated carbocycles. The van der Waals surface area contributed by atoms with Crippen molar-refractivity contribution in [2.75, 3.05) is 25.5 Å². The SMILES string of the molecule is CN1CCCc2cc(C[C@@H]3[C@H](O)c4ccccc4S(=O)(=O)N3C)ccc21. The van der Waals surface area contributed by atoms with E-state index in [9.17, 15) is 13.5 Å². The average Bonchev–Trinajstić information content (AvgIpc) is 2.64. The summed E-state index contributed by atoms with van der Waals surface area (Å²) in [6, 6.07) is 12.6. The van der Waals surface area contributed by atoms with E-state index in [-0.39, 0.29) is 4.90 Å². The number of rotatable bonds is 2. The number of aliphatic hydroxyl groups is 1. The summed E-state index contributed by atoms with van der Waals surface area (Å²) in [5.41, 5.74) is 4.10. The fourth-order valence-corrected chi connectivity index (χ4v) is 5.74. The number of benzene rings is 2. The number of hydrogen-bond acceptors (Lipinski definition) is 4. The molecule has 2 atom stereocenters. The molecule has 0 radical (unpaired) electrons. The van der Waals surface area contributed by atoms with Crippen LogP contribution in [-0.2, 0) is 22.9 Å². The lowest BCUT2D eigenvalue weighted by atomic mass is 9.93. The van der Waals surface area contributed by atoms with Gasteiger partial charge in [0, 0.05) is 31.9 Å². The number of fused-ring (bicyclic) bond motifs is 2. The van der Waals surface area contributed by atoms with E-state index < -0.39 is 22.2 Å². The van der Waals surface area contributed by atoms with Crippen molar-refractivity contribution in [1.29, 1.82) is 0 Å². The van der Waals surface area contributed by atoms with E-state index in [1.807, 2.05) is 6.07 Å². The molecule has 0 fully saturated rings. The lowest BCUT2D eigenvalue weighted by Gasteiger charge is -2.37. The van der Waals surface area contributed by atoms with Gasteiger partial charge in [-0.2, -0.15) is 4.31 Å². The Bertz CT molecular complexity index is 942. The van der Waals surface area contributed by atoms with Crippen LogP contribution in [0.1, 0.15) is 29.2 Å². The number of anilines is 1. The zero-order valence-corrected chi connectivity index (χ0v) is 15.9. The van der Waals surface area contributed by atoms with Crippen LogP contribution in [0.4, 0.5) is 5.69 Å². The predicted molar refractivity (Wildman–Crippen MR) is 102 cm³/mol. The zero-order valence-electron chi connectivity index (χ0n) is 15.1. The molecule has 2 aliphatic heterocycles. The van der Waals surface area contributed by atoms with Gasteiger partial charge in [0.2, 0.25) is 10.0 Å². The van der Waals surface area contributed by atoms with Crippen molar-refractivity contribution in [2.24, 2.45) is 0 Å². The van der Waals surface area contributed by atoms with Gasteiger partial charge < -0.3 is 10.0 Å². The number of sulfonamides is 1. The minimum atomic E-state index is -3.58. The highest BCUT2D eigenvalue weighted by atomic mass is 32.2.